The molecule has 0 bridgehead atoms. The minimum atomic E-state index is 0.0737. The largest absolute Gasteiger partial charge is 0.481 e. The van der Waals surface area contributed by atoms with E-state index in [1.54, 1.807) is 20.1 Å². The third-order valence-electron chi connectivity index (χ3n) is 2.51. The van der Waals surface area contributed by atoms with Crippen LogP contribution in [0.2, 0.25) is 0 Å². The summed E-state index contributed by atoms with van der Waals surface area (Å²) in [6.45, 7) is 3.65. The summed E-state index contributed by atoms with van der Waals surface area (Å²) >= 11 is 0. The Labute approximate surface area is 90.5 Å². The fourth-order valence-electron chi connectivity index (χ4n) is 1.51. The van der Waals surface area contributed by atoms with Crippen molar-refractivity contribution in [3.63, 3.8) is 0 Å². The van der Waals surface area contributed by atoms with Crippen molar-refractivity contribution in [3.05, 3.63) is 23.9 Å². The molecular weight excluding hydrogens is 190 g/mol. The molecule has 0 saturated heterocycles. The molecule has 0 aliphatic rings. The summed E-state index contributed by atoms with van der Waals surface area (Å²) in [5.74, 6) is 0.901. The fourth-order valence-corrected chi connectivity index (χ4v) is 1.51. The van der Waals surface area contributed by atoms with E-state index in [0.29, 0.717) is 12.3 Å². The van der Waals surface area contributed by atoms with Gasteiger partial charge in [0.1, 0.15) is 5.78 Å². The summed E-state index contributed by atoms with van der Waals surface area (Å²) in [5, 5.41) is 0. The van der Waals surface area contributed by atoms with Crippen LogP contribution in [0.3, 0.4) is 0 Å². The van der Waals surface area contributed by atoms with Gasteiger partial charge in [-0.2, -0.15) is 0 Å². The molecule has 1 heterocycles. The van der Waals surface area contributed by atoms with Crippen molar-refractivity contribution in [1.29, 1.82) is 0 Å². The van der Waals surface area contributed by atoms with Crippen molar-refractivity contribution in [2.24, 2.45) is 5.92 Å². The molecule has 15 heavy (non-hydrogen) atoms. The van der Waals surface area contributed by atoms with Crippen LogP contribution >= 0.6 is 0 Å². The Morgan fingerprint density at radius 2 is 2.27 bits per heavy atom. The van der Waals surface area contributed by atoms with Gasteiger partial charge in [-0.3, -0.25) is 4.79 Å². The molecule has 1 aromatic heterocycles. The first-order chi connectivity index (χ1) is 7.17. The summed E-state index contributed by atoms with van der Waals surface area (Å²) in [7, 11) is 1.59. The van der Waals surface area contributed by atoms with Gasteiger partial charge in [-0.1, -0.05) is 13.0 Å². The molecule has 0 radical (unpaired) electrons. The Balaban J connectivity index is 2.74. The molecule has 1 atom stereocenters. The zero-order chi connectivity index (χ0) is 11.3. The van der Waals surface area contributed by atoms with Crippen LogP contribution < -0.4 is 4.74 Å². The van der Waals surface area contributed by atoms with Crippen molar-refractivity contribution >= 4 is 5.78 Å². The van der Waals surface area contributed by atoms with Gasteiger partial charge in [0.25, 0.3) is 0 Å². The summed E-state index contributed by atoms with van der Waals surface area (Å²) in [5.41, 5.74) is 0.913. The highest BCUT2D eigenvalue weighted by atomic mass is 16.5. The van der Waals surface area contributed by atoms with Crippen molar-refractivity contribution in [3.8, 4) is 5.88 Å². The van der Waals surface area contributed by atoms with E-state index in [4.69, 9.17) is 4.74 Å². The second-order valence-electron chi connectivity index (χ2n) is 3.59. The molecule has 1 aromatic rings. The normalized spacial score (nSPS) is 12.2. The Kier molecular flexibility index (Phi) is 4.28. The highest BCUT2D eigenvalue weighted by Crippen LogP contribution is 2.14. The van der Waals surface area contributed by atoms with Gasteiger partial charge in [0.05, 0.1) is 7.11 Å². The lowest BCUT2D eigenvalue weighted by molar-refractivity contribution is -0.120. The molecule has 82 valence electrons. The molecule has 0 amide bonds. The fraction of sp³-hybridized carbons (Fsp3) is 0.500. The highest BCUT2D eigenvalue weighted by Gasteiger charge is 2.13. The Morgan fingerprint density at radius 1 is 1.53 bits per heavy atom. The molecule has 1 rings (SSSR count). The third-order valence-corrected chi connectivity index (χ3v) is 2.51. The molecule has 0 saturated carbocycles. The molecular formula is C12H17NO2. The number of methoxy groups -OCH3 is 1. The van der Waals surface area contributed by atoms with Crippen LogP contribution in [0, 0.1) is 5.92 Å². The van der Waals surface area contributed by atoms with Crippen LogP contribution in [0.4, 0.5) is 0 Å². The van der Waals surface area contributed by atoms with E-state index < -0.39 is 0 Å². The van der Waals surface area contributed by atoms with Crippen LogP contribution in [-0.2, 0) is 11.2 Å². The number of carbonyl (C=O) groups excluding carboxylic acids is 1. The third kappa shape index (κ3) is 3.35. The van der Waals surface area contributed by atoms with Crippen LogP contribution in [0.5, 0.6) is 5.88 Å². The van der Waals surface area contributed by atoms with Gasteiger partial charge in [-0.05, 0) is 25.8 Å². The summed E-state index contributed by atoms with van der Waals surface area (Å²) in [6.07, 6.45) is 1.55. The molecule has 0 aliphatic carbocycles. The summed E-state index contributed by atoms with van der Waals surface area (Å²) < 4.78 is 5.03. The quantitative estimate of drug-likeness (QED) is 0.743. The number of nitrogens with zero attached hydrogens (tertiary/aromatic N) is 1. The van der Waals surface area contributed by atoms with E-state index >= 15 is 0 Å². The number of carbonyl (C=O) groups is 1. The minimum absolute atomic E-state index is 0.0737. The number of ketones is 1. The average molecular weight is 207 g/mol. The predicted octanol–water partition coefficient (Wildman–Crippen LogP) is 2.25. The van der Waals surface area contributed by atoms with Gasteiger partial charge in [0.2, 0.25) is 5.88 Å². The summed E-state index contributed by atoms with van der Waals surface area (Å²) in [6, 6.07) is 5.63. The van der Waals surface area contributed by atoms with Crippen molar-refractivity contribution < 1.29 is 9.53 Å². The maximum absolute atomic E-state index is 11.3. The van der Waals surface area contributed by atoms with E-state index in [1.165, 1.54) is 0 Å². The number of aromatic nitrogens is 1. The molecule has 3 nitrogen and oxygen atoms in total. The lowest BCUT2D eigenvalue weighted by atomic mass is 9.96. The Hall–Kier alpha value is -1.38. The zero-order valence-electron chi connectivity index (χ0n) is 9.49. The van der Waals surface area contributed by atoms with Crippen molar-refractivity contribution in [1.82, 2.24) is 4.98 Å². The Morgan fingerprint density at radius 3 is 2.80 bits per heavy atom. The monoisotopic (exact) mass is 207 g/mol. The second-order valence-corrected chi connectivity index (χ2v) is 3.59. The maximum atomic E-state index is 11.3. The van der Waals surface area contributed by atoms with Crippen molar-refractivity contribution in [2.75, 3.05) is 7.11 Å². The maximum Gasteiger partial charge on any atom is 0.213 e. The molecule has 0 spiro atoms. The highest BCUT2D eigenvalue weighted by molar-refractivity contribution is 5.78. The van der Waals surface area contributed by atoms with Crippen molar-refractivity contribution in [2.45, 2.75) is 26.7 Å². The van der Waals surface area contributed by atoms with E-state index in [-0.39, 0.29) is 11.7 Å². The van der Waals surface area contributed by atoms with Gasteiger partial charge in [-0.25, -0.2) is 4.98 Å². The average Bonchev–Trinajstić information content (AvgIpc) is 2.25. The topological polar surface area (TPSA) is 39.2 Å². The number of hydrogen-bond acceptors (Lipinski definition) is 3. The van der Waals surface area contributed by atoms with Gasteiger partial charge < -0.3 is 4.74 Å². The van der Waals surface area contributed by atoms with E-state index in [0.717, 1.165) is 12.1 Å². The molecule has 0 aliphatic heterocycles. The van der Waals surface area contributed by atoms with E-state index in [9.17, 15) is 4.79 Å². The molecule has 0 aromatic carbocycles. The molecule has 0 fully saturated rings. The predicted molar refractivity (Wildman–Crippen MR) is 59.0 cm³/mol. The number of ether oxygens (including phenoxy) is 1. The number of Topliss-reactive ketones (excluding diaryl/α,β-unsaturated/α-hetero) is 1. The number of pyridine rings is 1. The summed E-state index contributed by atoms with van der Waals surface area (Å²) in [4.78, 5) is 15.6. The molecule has 3 heteroatoms. The van der Waals surface area contributed by atoms with E-state index in [2.05, 4.69) is 4.98 Å². The first-order valence-corrected chi connectivity index (χ1v) is 5.17. The van der Waals surface area contributed by atoms with Crippen LogP contribution in [0.1, 0.15) is 26.0 Å². The number of hydrogen-bond donors (Lipinski definition) is 0. The molecule has 1 unspecified atom stereocenters. The van der Waals surface area contributed by atoms with Gasteiger partial charge in [0, 0.05) is 17.7 Å². The first-order valence-electron chi connectivity index (χ1n) is 5.17. The zero-order valence-corrected chi connectivity index (χ0v) is 9.49. The van der Waals surface area contributed by atoms with E-state index in [1.807, 2.05) is 19.1 Å². The SMILES string of the molecule is CCC(Cc1cccc(OC)n1)C(C)=O. The smallest absolute Gasteiger partial charge is 0.213 e. The van der Waals surface area contributed by atoms with Crippen LogP contribution in [0.15, 0.2) is 18.2 Å². The minimum Gasteiger partial charge on any atom is -0.481 e. The Bertz CT molecular complexity index is 336. The van der Waals surface area contributed by atoms with Crippen LogP contribution in [-0.4, -0.2) is 17.9 Å². The van der Waals surface area contributed by atoms with Gasteiger partial charge >= 0.3 is 0 Å². The van der Waals surface area contributed by atoms with Gasteiger partial charge in [0.15, 0.2) is 0 Å². The molecule has 0 N–H and O–H groups in total. The first kappa shape index (κ1) is 11.7. The lowest BCUT2D eigenvalue weighted by Gasteiger charge is -2.10. The van der Waals surface area contributed by atoms with Gasteiger partial charge in [-0.15, -0.1) is 0 Å². The van der Waals surface area contributed by atoms with Crippen LogP contribution in [0.25, 0.3) is 0 Å². The number of rotatable bonds is 5. The second kappa shape index (κ2) is 5.49. The lowest BCUT2D eigenvalue weighted by Crippen LogP contribution is -2.13. The standard InChI is InChI=1S/C12H17NO2/c1-4-10(9(2)14)8-11-6-5-7-12(13-11)15-3/h5-7,10H,4,8H2,1-3H3.